The fraction of sp³-hybridized carbons (Fsp3) is 0.286. The number of rotatable bonds is 6. The molecule has 2 N–H and O–H groups in total. The Kier molecular flexibility index (Phi) is 6.02. The summed E-state index contributed by atoms with van der Waals surface area (Å²) in [6.45, 7) is 0.872. The maximum atomic E-state index is 13.0. The molecule has 2 aromatic rings. The molecule has 0 radical (unpaired) electrons. The van der Waals surface area contributed by atoms with Gasteiger partial charge < -0.3 is 20.1 Å². The van der Waals surface area contributed by atoms with E-state index in [2.05, 4.69) is 10.6 Å². The third-order valence-corrected chi connectivity index (χ3v) is 5.03. The molecule has 32 heavy (non-hydrogen) atoms. The molecule has 170 valence electrons. The van der Waals surface area contributed by atoms with Crippen molar-refractivity contribution in [2.45, 2.75) is 18.6 Å². The normalized spacial score (nSPS) is 18.4. The third kappa shape index (κ3) is 4.32. The highest BCUT2D eigenvalue weighted by Crippen LogP contribution is 2.35. The number of hydrogen-bond acceptors (Lipinski definition) is 5. The van der Waals surface area contributed by atoms with Crippen molar-refractivity contribution >= 4 is 23.5 Å². The van der Waals surface area contributed by atoms with Crippen LogP contribution in [-0.2, 0) is 21.3 Å². The predicted molar refractivity (Wildman–Crippen MR) is 107 cm³/mol. The van der Waals surface area contributed by atoms with Gasteiger partial charge in [0.05, 0.1) is 19.8 Å². The number of carbonyl (C=O) groups is 3. The number of nitrogens with one attached hydrogen (secondary N) is 2. The number of ether oxygens (including phenoxy) is 2. The van der Waals surface area contributed by atoms with Crippen LogP contribution in [0.1, 0.15) is 18.1 Å². The van der Waals surface area contributed by atoms with E-state index in [0.29, 0.717) is 17.1 Å². The number of imide groups is 1. The zero-order chi connectivity index (χ0) is 23.7. The quantitative estimate of drug-likeness (QED) is 0.658. The monoisotopic (exact) mass is 451 g/mol. The molecule has 1 heterocycles. The summed E-state index contributed by atoms with van der Waals surface area (Å²) in [5, 5.41) is 4.94. The number of nitrogens with zero attached hydrogens (tertiary/aromatic N) is 1. The first-order valence-electron chi connectivity index (χ1n) is 9.33. The lowest BCUT2D eigenvalue weighted by atomic mass is 9.91. The van der Waals surface area contributed by atoms with Gasteiger partial charge in [0.2, 0.25) is 5.91 Å². The third-order valence-electron chi connectivity index (χ3n) is 5.03. The highest BCUT2D eigenvalue weighted by atomic mass is 19.4. The van der Waals surface area contributed by atoms with Gasteiger partial charge in [-0.05, 0) is 48.9 Å². The van der Waals surface area contributed by atoms with Crippen molar-refractivity contribution in [3.8, 4) is 11.5 Å². The Bertz CT molecular complexity index is 1060. The van der Waals surface area contributed by atoms with E-state index in [-0.39, 0.29) is 5.69 Å². The molecule has 0 aliphatic carbocycles. The summed E-state index contributed by atoms with van der Waals surface area (Å²) < 4.78 is 48.4. The first-order chi connectivity index (χ1) is 15.0. The second-order valence-electron chi connectivity index (χ2n) is 7.14. The maximum Gasteiger partial charge on any atom is 0.416 e. The first kappa shape index (κ1) is 22.9. The Morgan fingerprint density at radius 2 is 1.69 bits per heavy atom. The Morgan fingerprint density at radius 3 is 2.25 bits per heavy atom. The molecule has 0 spiro atoms. The standard InChI is InChI=1S/C21H20F3N3O5/c1-20(13-6-9-15(31-2)16(10-13)32-3)18(29)27(19(30)26-20)11-17(28)25-14-7-4-12(5-8-14)21(22,23)24/h4-10H,11H2,1-3H3,(H,25,28)(H,26,30). The Morgan fingerprint density at radius 1 is 1.06 bits per heavy atom. The van der Waals surface area contributed by atoms with Crippen LogP contribution in [0.2, 0.25) is 0 Å². The van der Waals surface area contributed by atoms with E-state index in [9.17, 15) is 27.6 Å². The van der Waals surface area contributed by atoms with E-state index >= 15 is 0 Å². The average molecular weight is 451 g/mol. The van der Waals surface area contributed by atoms with Gasteiger partial charge in [0.1, 0.15) is 12.1 Å². The number of carbonyl (C=O) groups excluding carboxylic acids is 3. The van der Waals surface area contributed by atoms with Gasteiger partial charge >= 0.3 is 12.2 Å². The van der Waals surface area contributed by atoms with E-state index in [1.54, 1.807) is 18.2 Å². The molecule has 0 aromatic heterocycles. The predicted octanol–water partition coefficient (Wildman–Crippen LogP) is 3.13. The topological polar surface area (TPSA) is 97.0 Å². The van der Waals surface area contributed by atoms with Crippen molar-refractivity contribution in [2.75, 3.05) is 26.1 Å². The lowest BCUT2D eigenvalue weighted by molar-refractivity contribution is -0.137. The molecule has 1 saturated heterocycles. The van der Waals surface area contributed by atoms with Gasteiger partial charge in [0.25, 0.3) is 5.91 Å². The average Bonchev–Trinajstić information content (AvgIpc) is 2.96. The number of halogens is 3. The molecule has 1 atom stereocenters. The molecule has 8 nitrogen and oxygen atoms in total. The molecule has 1 fully saturated rings. The van der Waals surface area contributed by atoms with Crippen LogP contribution in [-0.4, -0.2) is 43.5 Å². The molecule has 0 bridgehead atoms. The van der Waals surface area contributed by atoms with Crippen molar-refractivity contribution in [3.63, 3.8) is 0 Å². The van der Waals surface area contributed by atoms with E-state index < -0.39 is 41.7 Å². The van der Waals surface area contributed by atoms with E-state index in [4.69, 9.17) is 9.47 Å². The Hall–Kier alpha value is -3.76. The van der Waals surface area contributed by atoms with Crippen LogP contribution in [0.3, 0.4) is 0 Å². The number of urea groups is 1. The van der Waals surface area contributed by atoms with Gasteiger partial charge in [0, 0.05) is 5.69 Å². The zero-order valence-electron chi connectivity index (χ0n) is 17.4. The molecule has 1 aliphatic heterocycles. The van der Waals surface area contributed by atoms with E-state index in [1.165, 1.54) is 21.1 Å². The van der Waals surface area contributed by atoms with Crippen LogP contribution in [0.15, 0.2) is 42.5 Å². The van der Waals surface area contributed by atoms with Gasteiger partial charge in [-0.1, -0.05) is 6.07 Å². The van der Waals surface area contributed by atoms with E-state index in [1.807, 2.05) is 0 Å². The summed E-state index contributed by atoms with van der Waals surface area (Å²) in [6, 6.07) is 7.73. The SMILES string of the molecule is COc1ccc(C2(C)NC(=O)N(CC(=O)Nc3ccc(C(F)(F)F)cc3)C2=O)cc1OC. The summed E-state index contributed by atoms with van der Waals surface area (Å²) in [4.78, 5) is 38.5. The molecule has 3 rings (SSSR count). The van der Waals surface area contributed by atoms with Crippen molar-refractivity contribution < 1.29 is 37.0 Å². The summed E-state index contributed by atoms with van der Waals surface area (Å²) in [6.07, 6.45) is -4.50. The van der Waals surface area contributed by atoms with Gasteiger partial charge in [-0.2, -0.15) is 13.2 Å². The van der Waals surface area contributed by atoms with Crippen LogP contribution in [0, 0.1) is 0 Å². The highest BCUT2D eigenvalue weighted by Gasteiger charge is 2.49. The summed E-state index contributed by atoms with van der Waals surface area (Å²) >= 11 is 0. The second-order valence-corrected chi connectivity index (χ2v) is 7.14. The van der Waals surface area contributed by atoms with Crippen LogP contribution in [0.5, 0.6) is 11.5 Å². The lowest BCUT2D eigenvalue weighted by Gasteiger charge is -2.23. The molecule has 1 aliphatic rings. The number of methoxy groups -OCH3 is 2. The van der Waals surface area contributed by atoms with Crippen LogP contribution < -0.4 is 20.1 Å². The van der Waals surface area contributed by atoms with Crippen molar-refractivity contribution in [2.24, 2.45) is 0 Å². The number of benzene rings is 2. The molecule has 1 unspecified atom stereocenters. The van der Waals surface area contributed by atoms with Gasteiger partial charge in [-0.15, -0.1) is 0 Å². The molecule has 0 saturated carbocycles. The number of hydrogen-bond donors (Lipinski definition) is 2. The van der Waals surface area contributed by atoms with Crippen LogP contribution in [0.25, 0.3) is 0 Å². The number of alkyl halides is 3. The zero-order valence-corrected chi connectivity index (χ0v) is 17.4. The van der Waals surface area contributed by atoms with Crippen LogP contribution >= 0.6 is 0 Å². The molecule has 11 heteroatoms. The summed E-state index contributed by atoms with van der Waals surface area (Å²) in [5.74, 6) is -0.627. The second kappa shape index (κ2) is 8.40. The fourth-order valence-electron chi connectivity index (χ4n) is 3.27. The largest absolute Gasteiger partial charge is 0.493 e. The fourth-order valence-corrected chi connectivity index (χ4v) is 3.27. The van der Waals surface area contributed by atoms with Crippen molar-refractivity contribution in [1.82, 2.24) is 10.2 Å². The summed E-state index contributed by atoms with van der Waals surface area (Å²) in [7, 11) is 2.88. The van der Waals surface area contributed by atoms with Crippen molar-refractivity contribution in [1.29, 1.82) is 0 Å². The molecular formula is C21H20F3N3O5. The minimum Gasteiger partial charge on any atom is -0.493 e. The maximum absolute atomic E-state index is 13.0. The van der Waals surface area contributed by atoms with Crippen LogP contribution in [0.4, 0.5) is 23.7 Å². The molecule has 4 amide bonds. The number of amides is 4. The summed E-state index contributed by atoms with van der Waals surface area (Å²) in [5.41, 5.74) is -1.81. The van der Waals surface area contributed by atoms with Gasteiger partial charge in [0.15, 0.2) is 11.5 Å². The Labute approximate surface area is 181 Å². The minimum absolute atomic E-state index is 0.0951. The van der Waals surface area contributed by atoms with Gasteiger partial charge in [-0.25, -0.2) is 4.79 Å². The highest BCUT2D eigenvalue weighted by molar-refractivity contribution is 6.10. The minimum atomic E-state index is -4.50. The molecular weight excluding hydrogens is 431 g/mol. The van der Waals surface area contributed by atoms with Crippen molar-refractivity contribution in [3.05, 3.63) is 53.6 Å². The smallest absolute Gasteiger partial charge is 0.416 e. The Balaban J connectivity index is 1.74. The molecule has 2 aromatic carbocycles. The van der Waals surface area contributed by atoms with E-state index in [0.717, 1.165) is 29.2 Å². The number of anilines is 1. The lowest BCUT2D eigenvalue weighted by Crippen LogP contribution is -2.42. The van der Waals surface area contributed by atoms with Gasteiger partial charge in [-0.3, -0.25) is 14.5 Å². The first-order valence-corrected chi connectivity index (χ1v) is 9.33.